The zero-order chi connectivity index (χ0) is 14.0. The first-order valence-corrected chi connectivity index (χ1v) is 7.46. The van der Waals surface area contributed by atoms with Crippen LogP contribution in [0.5, 0.6) is 0 Å². The number of rotatable bonds is 3. The lowest BCUT2D eigenvalue weighted by Gasteiger charge is -2.07. The van der Waals surface area contributed by atoms with E-state index < -0.39 is 16.6 Å². The summed E-state index contributed by atoms with van der Waals surface area (Å²) in [7, 11) is -1.49. The van der Waals surface area contributed by atoms with E-state index in [2.05, 4.69) is 15.9 Å². The van der Waals surface area contributed by atoms with Gasteiger partial charge in [-0.2, -0.15) is 0 Å². The van der Waals surface area contributed by atoms with Crippen molar-refractivity contribution < 1.29 is 13.0 Å². The quantitative estimate of drug-likeness (QED) is 0.863. The molecule has 0 aliphatic rings. The molecule has 2 N–H and O–H groups in total. The van der Waals surface area contributed by atoms with Crippen molar-refractivity contribution in [2.75, 3.05) is 5.73 Å². The van der Waals surface area contributed by atoms with Crippen LogP contribution in [0, 0.1) is 11.6 Å². The van der Waals surface area contributed by atoms with Crippen molar-refractivity contribution in [3.63, 3.8) is 0 Å². The van der Waals surface area contributed by atoms with E-state index in [0.29, 0.717) is 10.0 Å². The van der Waals surface area contributed by atoms with Gasteiger partial charge in [-0.1, -0.05) is 22.0 Å². The minimum absolute atomic E-state index is 0.133. The summed E-state index contributed by atoms with van der Waals surface area (Å²) in [5.74, 6) is -0.739. The van der Waals surface area contributed by atoms with Gasteiger partial charge in [-0.05, 0) is 35.9 Å². The summed E-state index contributed by atoms with van der Waals surface area (Å²) in [5, 5.41) is 0. The molecule has 2 aromatic rings. The third kappa shape index (κ3) is 3.39. The van der Waals surface area contributed by atoms with Crippen LogP contribution in [0.3, 0.4) is 0 Å². The van der Waals surface area contributed by atoms with Gasteiger partial charge in [0.1, 0.15) is 11.6 Å². The predicted octanol–water partition coefficient (Wildman–Crippen LogP) is 3.62. The first-order chi connectivity index (χ1) is 8.97. The molecule has 2 rings (SSSR count). The van der Waals surface area contributed by atoms with Crippen molar-refractivity contribution in [2.24, 2.45) is 0 Å². The standard InChI is InChI=1S/C13H10BrF2NOS/c14-11-5-9(15)2-1-8(11)7-19(18)13-6-10(16)3-4-12(13)17/h1-6H,7,17H2. The molecule has 100 valence electrons. The van der Waals surface area contributed by atoms with Crippen LogP contribution < -0.4 is 5.73 Å². The van der Waals surface area contributed by atoms with E-state index in [1.54, 1.807) is 0 Å². The maximum absolute atomic E-state index is 13.1. The van der Waals surface area contributed by atoms with Gasteiger partial charge in [-0.25, -0.2) is 8.78 Å². The molecular formula is C13H10BrF2NOS. The molecule has 0 aliphatic carbocycles. The number of benzene rings is 2. The van der Waals surface area contributed by atoms with Crippen molar-refractivity contribution >= 4 is 32.4 Å². The van der Waals surface area contributed by atoms with Crippen molar-refractivity contribution in [2.45, 2.75) is 10.6 Å². The Kier molecular flexibility index (Phi) is 4.31. The molecule has 19 heavy (non-hydrogen) atoms. The summed E-state index contributed by atoms with van der Waals surface area (Å²) in [5.41, 5.74) is 6.62. The van der Waals surface area contributed by atoms with Crippen LogP contribution in [-0.4, -0.2) is 4.21 Å². The second kappa shape index (κ2) is 5.79. The molecule has 0 saturated carbocycles. The molecular weight excluding hydrogens is 336 g/mol. The summed E-state index contributed by atoms with van der Waals surface area (Å²) < 4.78 is 38.8. The summed E-state index contributed by atoms with van der Waals surface area (Å²) in [6.07, 6.45) is 0. The van der Waals surface area contributed by atoms with Crippen LogP contribution >= 0.6 is 15.9 Å². The number of halogens is 3. The fourth-order valence-corrected chi connectivity index (χ4v) is 3.50. The van der Waals surface area contributed by atoms with Crippen LogP contribution in [0.15, 0.2) is 45.8 Å². The Balaban J connectivity index is 2.28. The lowest BCUT2D eigenvalue weighted by molar-refractivity contribution is 0.623. The molecule has 0 bridgehead atoms. The van der Waals surface area contributed by atoms with Gasteiger partial charge in [0.05, 0.1) is 21.4 Å². The summed E-state index contributed by atoms with van der Waals surface area (Å²) in [6, 6.07) is 7.86. The number of anilines is 1. The topological polar surface area (TPSA) is 43.1 Å². The molecule has 2 nitrogen and oxygen atoms in total. The fraction of sp³-hybridized carbons (Fsp3) is 0.0769. The zero-order valence-electron chi connectivity index (χ0n) is 9.70. The molecule has 1 unspecified atom stereocenters. The lowest BCUT2D eigenvalue weighted by Crippen LogP contribution is -2.02. The van der Waals surface area contributed by atoms with Gasteiger partial charge < -0.3 is 5.73 Å². The highest BCUT2D eigenvalue weighted by Gasteiger charge is 2.12. The average Bonchev–Trinajstić information content (AvgIpc) is 2.35. The third-order valence-corrected chi connectivity index (χ3v) is 4.68. The van der Waals surface area contributed by atoms with Crippen molar-refractivity contribution in [1.82, 2.24) is 0 Å². The van der Waals surface area contributed by atoms with Crippen LogP contribution in [0.2, 0.25) is 0 Å². The second-order valence-electron chi connectivity index (χ2n) is 3.91. The summed E-state index contributed by atoms with van der Waals surface area (Å²) in [4.78, 5) is 0.247. The first kappa shape index (κ1) is 14.1. The Hall–Kier alpha value is -1.27. The molecule has 0 heterocycles. The largest absolute Gasteiger partial charge is 0.398 e. The minimum atomic E-state index is -1.49. The molecule has 0 aliphatic heterocycles. The third-order valence-electron chi connectivity index (χ3n) is 2.52. The molecule has 0 aromatic heterocycles. The highest BCUT2D eigenvalue weighted by atomic mass is 79.9. The zero-order valence-corrected chi connectivity index (χ0v) is 12.1. The van der Waals surface area contributed by atoms with Crippen molar-refractivity contribution in [1.29, 1.82) is 0 Å². The molecule has 0 spiro atoms. The van der Waals surface area contributed by atoms with E-state index >= 15 is 0 Å². The minimum Gasteiger partial charge on any atom is -0.398 e. The van der Waals surface area contributed by atoms with Gasteiger partial charge in [-0.3, -0.25) is 4.21 Å². The number of nitrogens with two attached hydrogens (primary N) is 1. The van der Waals surface area contributed by atoms with E-state index in [-0.39, 0.29) is 22.2 Å². The van der Waals surface area contributed by atoms with Crippen LogP contribution in [0.4, 0.5) is 14.5 Å². The molecule has 0 amide bonds. The van der Waals surface area contributed by atoms with Gasteiger partial charge >= 0.3 is 0 Å². The Morgan fingerprint density at radius 2 is 1.74 bits per heavy atom. The summed E-state index contributed by atoms with van der Waals surface area (Å²) in [6.45, 7) is 0. The SMILES string of the molecule is Nc1ccc(F)cc1S(=O)Cc1ccc(F)cc1Br. The first-order valence-electron chi connectivity index (χ1n) is 5.34. The van der Waals surface area contributed by atoms with E-state index in [1.165, 1.54) is 30.3 Å². The van der Waals surface area contributed by atoms with Gasteiger partial charge in [0.25, 0.3) is 0 Å². The van der Waals surface area contributed by atoms with Gasteiger partial charge in [0.2, 0.25) is 0 Å². The number of hydrogen-bond donors (Lipinski definition) is 1. The number of nitrogen functional groups attached to an aromatic ring is 1. The normalized spacial score (nSPS) is 12.4. The van der Waals surface area contributed by atoms with Gasteiger partial charge in [0.15, 0.2) is 0 Å². The second-order valence-corrected chi connectivity index (χ2v) is 6.18. The van der Waals surface area contributed by atoms with Crippen molar-refractivity contribution in [3.8, 4) is 0 Å². The molecule has 1 atom stereocenters. The maximum Gasteiger partial charge on any atom is 0.124 e. The highest BCUT2D eigenvalue weighted by molar-refractivity contribution is 9.10. The average molecular weight is 346 g/mol. The molecule has 2 aromatic carbocycles. The Morgan fingerprint density at radius 3 is 2.42 bits per heavy atom. The van der Waals surface area contributed by atoms with Crippen LogP contribution in [-0.2, 0) is 16.6 Å². The van der Waals surface area contributed by atoms with E-state index in [1.807, 2.05) is 0 Å². The van der Waals surface area contributed by atoms with Gasteiger partial charge in [-0.15, -0.1) is 0 Å². The van der Waals surface area contributed by atoms with E-state index in [0.717, 1.165) is 6.07 Å². The highest BCUT2D eigenvalue weighted by Crippen LogP contribution is 2.24. The smallest absolute Gasteiger partial charge is 0.124 e. The van der Waals surface area contributed by atoms with Gasteiger partial charge in [0, 0.05) is 10.2 Å². The van der Waals surface area contributed by atoms with Crippen LogP contribution in [0.25, 0.3) is 0 Å². The van der Waals surface area contributed by atoms with Crippen molar-refractivity contribution in [3.05, 3.63) is 58.1 Å². The fourth-order valence-electron chi connectivity index (χ4n) is 1.56. The monoisotopic (exact) mass is 345 g/mol. The Morgan fingerprint density at radius 1 is 1.11 bits per heavy atom. The van der Waals surface area contributed by atoms with E-state index in [9.17, 15) is 13.0 Å². The Bertz CT molecular complexity index is 649. The summed E-state index contributed by atoms with van der Waals surface area (Å²) >= 11 is 3.20. The Labute approximate surface area is 120 Å². The predicted molar refractivity (Wildman–Crippen MR) is 75.0 cm³/mol. The lowest BCUT2D eigenvalue weighted by atomic mass is 10.2. The molecule has 0 radical (unpaired) electrons. The molecule has 0 saturated heterocycles. The molecule has 0 fully saturated rings. The van der Waals surface area contributed by atoms with Crippen LogP contribution in [0.1, 0.15) is 5.56 Å². The van der Waals surface area contributed by atoms with E-state index in [4.69, 9.17) is 5.73 Å². The maximum atomic E-state index is 13.1. The molecule has 6 heteroatoms. The number of hydrogen-bond acceptors (Lipinski definition) is 2.